The Morgan fingerprint density at radius 1 is 1.19 bits per heavy atom. The number of anilines is 1. The number of nitrogens with zero attached hydrogens (tertiary/aromatic N) is 3. The van der Waals surface area contributed by atoms with Crippen molar-refractivity contribution in [1.82, 2.24) is 15.0 Å². The maximum Gasteiger partial charge on any atom is 0.139 e. The van der Waals surface area contributed by atoms with Crippen LogP contribution in [0.2, 0.25) is 0 Å². The van der Waals surface area contributed by atoms with Crippen LogP contribution in [0.3, 0.4) is 0 Å². The quantitative estimate of drug-likeness (QED) is 0.781. The minimum absolute atomic E-state index is 0.227. The third-order valence-electron chi connectivity index (χ3n) is 3.56. The van der Waals surface area contributed by atoms with E-state index in [0.29, 0.717) is 0 Å². The van der Waals surface area contributed by atoms with Crippen molar-refractivity contribution < 1.29 is 0 Å². The summed E-state index contributed by atoms with van der Waals surface area (Å²) in [7, 11) is 0. The van der Waals surface area contributed by atoms with E-state index < -0.39 is 0 Å². The van der Waals surface area contributed by atoms with E-state index in [2.05, 4.69) is 39.5 Å². The van der Waals surface area contributed by atoms with Gasteiger partial charge >= 0.3 is 0 Å². The lowest BCUT2D eigenvalue weighted by molar-refractivity contribution is 0.743. The normalized spacial score (nSPS) is 12.5. The van der Waals surface area contributed by atoms with Crippen LogP contribution in [0.25, 0.3) is 10.2 Å². The fraction of sp³-hybridized carbons (Fsp3) is 0.312. The second kappa shape index (κ2) is 5.77. The summed E-state index contributed by atoms with van der Waals surface area (Å²) in [6.45, 7) is 6.22. The van der Waals surface area contributed by atoms with Crippen molar-refractivity contribution in [1.29, 1.82) is 0 Å². The van der Waals surface area contributed by atoms with E-state index in [-0.39, 0.29) is 6.04 Å². The SMILES string of the molecule is CCC(Nc1nc(C)nc2scc(C)c12)c1ccncc1. The summed E-state index contributed by atoms with van der Waals surface area (Å²) in [6, 6.07) is 4.32. The lowest BCUT2D eigenvalue weighted by Gasteiger charge is -2.19. The van der Waals surface area contributed by atoms with Crippen LogP contribution in [0, 0.1) is 13.8 Å². The number of hydrogen-bond donors (Lipinski definition) is 1. The van der Waals surface area contributed by atoms with Gasteiger partial charge in [-0.3, -0.25) is 4.98 Å². The van der Waals surface area contributed by atoms with Crippen LogP contribution in [0.5, 0.6) is 0 Å². The van der Waals surface area contributed by atoms with Crippen molar-refractivity contribution in [2.24, 2.45) is 0 Å². The second-order valence-corrected chi connectivity index (χ2v) is 5.96. The summed E-state index contributed by atoms with van der Waals surface area (Å²) in [6.07, 6.45) is 4.64. The van der Waals surface area contributed by atoms with Gasteiger partial charge in [-0.15, -0.1) is 11.3 Å². The molecule has 3 aromatic rings. The van der Waals surface area contributed by atoms with E-state index >= 15 is 0 Å². The molecule has 0 spiro atoms. The molecule has 0 saturated carbocycles. The van der Waals surface area contributed by atoms with E-state index in [9.17, 15) is 0 Å². The smallest absolute Gasteiger partial charge is 0.139 e. The van der Waals surface area contributed by atoms with Gasteiger partial charge in [0, 0.05) is 12.4 Å². The summed E-state index contributed by atoms with van der Waals surface area (Å²) in [5, 5.41) is 6.86. The molecule has 0 aliphatic rings. The summed E-state index contributed by atoms with van der Waals surface area (Å²) in [4.78, 5) is 14.3. The molecule has 1 N–H and O–H groups in total. The fourth-order valence-electron chi connectivity index (χ4n) is 2.48. The minimum atomic E-state index is 0.227. The van der Waals surface area contributed by atoms with Gasteiger partial charge in [0.1, 0.15) is 16.5 Å². The van der Waals surface area contributed by atoms with Gasteiger partial charge in [-0.1, -0.05) is 6.92 Å². The Bertz CT molecular complexity index is 752. The number of aryl methyl sites for hydroxylation is 2. The van der Waals surface area contributed by atoms with Gasteiger partial charge in [-0.2, -0.15) is 0 Å². The maximum absolute atomic E-state index is 4.62. The zero-order chi connectivity index (χ0) is 14.8. The fourth-order valence-corrected chi connectivity index (χ4v) is 3.44. The zero-order valence-corrected chi connectivity index (χ0v) is 13.2. The van der Waals surface area contributed by atoms with Crippen molar-refractivity contribution in [2.75, 3.05) is 5.32 Å². The first-order chi connectivity index (χ1) is 10.2. The van der Waals surface area contributed by atoms with Crippen LogP contribution in [0.1, 0.15) is 36.3 Å². The molecular formula is C16H18N4S. The van der Waals surface area contributed by atoms with E-state index in [1.54, 1.807) is 11.3 Å². The molecule has 1 unspecified atom stereocenters. The standard InChI is InChI=1S/C16H18N4S/c1-4-13(12-5-7-17-8-6-12)20-15-14-10(2)9-21-16(14)19-11(3)18-15/h5-9,13H,4H2,1-3H3,(H,18,19,20). The Labute approximate surface area is 128 Å². The first kappa shape index (κ1) is 13.9. The number of hydrogen-bond acceptors (Lipinski definition) is 5. The lowest BCUT2D eigenvalue weighted by atomic mass is 10.1. The lowest BCUT2D eigenvalue weighted by Crippen LogP contribution is -2.12. The summed E-state index contributed by atoms with van der Waals surface area (Å²) in [5.41, 5.74) is 2.45. The predicted molar refractivity (Wildman–Crippen MR) is 87.8 cm³/mol. The predicted octanol–water partition coefficient (Wildman–Crippen LogP) is 4.27. The van der Waals surface area contributed by atoms with Gasteiger partial charge in [0.25, 0.3) is 0 Å². The van der Waals surface area contributed by atoms with Crippen LogP contribution in [-0.4, -0.2) is 15.0 Å². The van der Waals surface area contributed by atoms with Gasteiger partial charge in [-0.25, -0.2) is 9.97 Å². The number of thiophene rings is 1. The molecule has 5 heteroatoms. The number of rotatable bonds is 4. The van der Waals surface area contributed by atoms with Crippen molar-refractivity contribution in [2.45, 2.75) is 33.2 Å². The number of nitrogens with one attached hydrogen (secondary N) is 1. The summed E-state index contributed by atoms with van der Waals surface area (Å²) < 4.78 is 0. The first-order valence-corrected chi connectivity index (χ1v) is 7.96. The van der Waals surface area contributed by atoms with Crippen LogP contribution in [-0.2, 0) is 0 Å². The van der Waals surface area contributed by atoms with E-state index in [4.69, 9.17) is 0 Å². The highest BCUT2D eigenvalue weighted by Crippen LogP contribution is 2.32. The second-order valence-electron chi connectivity index (χ2n) is 5.10. The molecule has 3 aromatic heterocycles. The van der Waals surface area contributed by atoms with Gasteiger partial charge in [0.05, 0.1) is 11.4 Å². The molecule has 0 aliphatic carbocycles. The Kier molecular flexibility index (Phi) is 3.84. The Morgan fingerprint density at radius 2 is 1.95 bits per heavy atom. The van der Waals surface area contributed by atoms with Crippen molar-refractivity contribution >= 4 is 27.4 Å². The molecule has 0 radical (unpaired) electrons. The van der Waals surface area contributed by atoms with Crippen LogP contribution in [0.4, 0.5) is 5.82 Å². The topological polar surface area (TPSA) is 50.7 Å². The Morgan fingerprint density at radius 3 is 2.67 bits per heavy atom. The van der Waals surface area contributed by atoms with Gasteiger partial charge < -0.3 is 5.32 Å². The van der Waals surface area contributed by atoms with Crippen LogP contribution < -0.4 is 5.32 Å². The summed E-state index contributed by atoms with van der Waals surface area (Å²) >= 11 is 1.67. The van der Waals surface area contributed by atoms with E-state index in [1.165, 1.54) is 11.1 Å². The molecule has 4 nitrogen and oxygen atoms in total. The van der Waals surface area contributed by atoms with Crippen LogP contribution in [0.15, 0.2) is 29.9 Å². The molecule has 3 rings (SSSR count). The Balaban J connectivity index is 2.02. The molecule has 3 heterocycles. The molecule has 108 valence electrons. The van der Waals surface area contributed by atoms with Crippen molar-refractivity contribution in [3.8, 4) is 0 Å². The van der Waals surface area contributed by atoms with Gasteiger partial charge in [-0.05, 0) is 48.9 Å². The molecule has 21 heavy (non-hydrogen) atoms. The molecule has 0 bridgehead atoms. The number of aromatic nitrogens is 3. The zero-order valence-electron chi connectivity index (χ0n) is 12.4. The Hall–Kier alpha value is -2.01. The van der Waals surface area contributed by atoms with E-state index in [1.807, 2.05) is 31.5 Å². The van der Waals surface area contributed by atoms with Crippen molar-refractivity contribution in [3.63, 3.8) is 0 Å². The van der Waals surface area contributed by atoms with Gasteiger partial charge in [0.15, 0.2) is 0 Å². The molecule has 0 aromatic carbocycles. The van der Waals surface area contributed by atoms with Gasteiger partial charge in [0.2, 0.25) is 0 Å². The third-order valence-corrected chi connectivity index (χ3v) is 4.55. The molecule has 1 atom stereocenters. The average Bonchev–Trinajstić information content (AvgIpc) is 2.86. The highest BCUT2D eigenvalue weighted by Gasteiger charge is 2.15. The molecule has 0 aliphatic heterocycles. The number of pyridine rings is 1. The highest BCUT2D eigenvalue weighted by atomic mass is 32.1. The molecule has 0 fully saturated rings. The maximum atomic E-state index is 4.62. The molecular weight excluding hydrogens is 280 g/mol. The van der Waals surface area contributed by atoms with Crippen molar-refractivity contribution in [3.05, 3.63) is 46.9 Å². The highest BCUT2D eigenvalue weighted by molar-refractivity contribution is 7.17. The third kappa shape index (κ3) is 2.74. The number of fused-ring (bicyclic) bond motifs is 1. The molecule has 0 amide bonds. The van der Waals surface area contributed by atoms with Crippen LogP contribution >= 0.6 is 11.3 Å². The molecule has 0 saturated heterocycles. The van der Waals surface area contributed by atoms with E-state index in [0.717, 1.165) is 28.3 Å². The largest absolute Gasteiger partial charge is 0.363 e. The summed E-state index contributed by atoms with van der Waals surface area (Å²) in [5.74, 6) is 1.73. The minimum Gasteiger partial charge on any atom is -0.363 e. The average molecular weight is 298 g/mol. The first-order valence-electron chi connectivity index (χ1n) is 7.08. The monoisotopic (exact) mass is 298 g/mol.